The summed E-state index contributed by atoms with van der Waals surface area (Å²) < 4.78 is 0. The number of hydrogen-bond donors (Lipinski definition) is 2. The van der Waals surface area contributed by atoms with Gasteiger partial charge in [0.1, 0.15) is 0 Å². The molecule has 0 bridgehead atoms. The number of hydrazone groups is 1. The molecule has 0 unspecified atom stereocenters. The number of carbonyl (C=O) groups excluding carboxylic acids is 2. The molecule has 1 fully saturated rings. The van der Waals surface area contributed by atoms with Crippen LogP contribution in [0.1, 0.15) is 52.0 Å². The number of amides is 2. The van der Waals surface area contributed by atoms with Crippen LogP contribution in [0.2, 0.25) is 5.02 Å². The summed E-state index contributed by atoms with van der Waals surface area (Å²) in [6.07, 6.45) is 3.88. The van der Waals surface area contributed by atoms with Crippen LogP contribution >= 0.6 is 11.6 Å². The molecule has 2 amide bonds. The quantitative estimate of drug-likeness (QED) is 0.635. The molecule has 2 N–H and O–H groups in total. The Morgan fingerprint density at radius 1 is 1.12 bits per heavy atom. The summed E-state index contributed by atoms with van der Waals surface area (Å²) in [4.78, 5) is 23.7. The highest BCUT2D eigenvalue weighted by atomic mass is 35.5. The van der Waals surface area contributed by atoms with Gasteiger partial charge in [0.05, 0.1) is 0 Å². The summed E-state index contributed by atoms with van der Waals surface area (Å²) >= 11 is 5.81. The van der Waals surface area contributed by atoms with Gasteiger partial charge < -0.3 is 5.32 Å². The van der Waals surface area contributed by atoms with E-state index in [4.69, 9.17) is 11.6 Å². The molecular weight excluding hydrogens is 338 g/mol. The van der Waals surface area contributed by atoms with Crippen LogP contribution in [-0.2, 0) is 16.1 Å². The number of nitrogens with zero attached hydrogens (tertiary/aromatic N) is 1. The van der Waals surface area contributed by atoms with Gasteiger partial charge in [-0.2, -0.15) is 5.10 Å². The average molecular weight is 364 g/mol. The standard InChI is InChI=1S/C19H26ClN3O2/c1-19(2,3)14-6-10-16(11-7-14)22-23-18(25)17(24)21-12-13-4-8-15(20)9-5-13/h4-5,8-9,14H,6-7,10-12H2,1-3H3,(H,21,24)(H,23,25). The van der Waals surface area contributed by atoms with Gasteiger partial charge in [0.15, 0.2) is 0 Å². The summed E-state index contributed by atoms with van der Waals surface area (Å²) in [6, 6.07) is 7.08. The average Bonchev–Trinajstić information content (AvgIpc) is 2.58. The van der Waals surface area contributed by atoms with Gasteiger partial charge in [-0.05, 0) is 54.7 Å². The van der Waals surface area contributed by atoms with Crippen molar-refractivity contribution in [3.05, 3.63) is 34.9 Å². The Morgan fingerprint density at radius 3 is 2.28 bits per heavy atom. The van der Waals surface area contributed by atoms with Crippen molar-refractivity contribution in [2.24, 2.45) is 16.4 Å². The van der Waals surface area contributed by atoms with E-state index in [-0.39, 0.29) is 6.54 Å². The molecule has 6 heteroatoms. The lowest BCUT2D eigenvalue weighted by Gasteiger charge is -2.34. The zero-order chi connectivity index (χ0) is 18.4. The normalized spacial score (nSPS) is 17.8. The highest BCUT2D eigenvalue weighted by Gasteiger charge is 2.28. The minimum absolute atomic E-state index is 0.271. The molecule has 0 radical (unpaired) electrons. The van der Waals surface area contributed by atoms with Crippen LogP contribution in [0.25, 0.3) is 0 Å². The molecule has 1 aliphatic carbocycles. The van der Waals surface area contributed by atoms with Gasteiger partial charge in [-0.1, -0.05) is 44.5 Å². The van der Waals surface area contributed by atoms with Crippen molar-refractivity contribution in [2.45, 2.75) is 53.0 Å². The molecule has 0 spiro atoms. The molecule has 25 heavy (non-hydrogen) atoms. The van der Waals surface area contributed by atoms with E-state index in [9.17, 15) is 9.59 Å². The first kappa shape index (κ1) is 19.4. The van der Waals surface area contributed by atoms with Crippen LogP contribution in [0.4, 0.5) is 0 Å². The first-order chi connectivity index (χ1) is 11.8. The van der Waals surface area contributed by atoms with E-state index in [0.717, 1.165) is 37.0 Å². The Kier molecular flexibility index (Phi) is 6.59. The van der Waals surface area contributed by atoms with Gasteiger partial charge in [0.25, 0.3) is 0 Å². The maximum absolute atomic E-state index is 11.8. The first-order valence-electron chi connectivity index (χ1n) is 8.64. The van der Waals surface area contributed by atoms with Gasteiger partial charge in [0, 0.05) is 17.3 Å². The van der Waals surface area contributed by atoms with Crippen molar-refractivity contribution < 1.29 is 9.59 Å². The second-order valence-electron chi connectivity index (χ2n) is 7.57. The lowest BCUT2D eigenvalue weighted by molar-refractivity contribution is -0.139. The van der Waals surface area contributed by atoms with Crippen LogP contribution in [0, 0.1) is 11.3 Å². The highest BCUT2D eigenvalue weighted by Crippen LogP contribution is 2.36. The second-order valence-corrected chi connectivity index (χ2v) is 8.00. The maximum atomic E-state index is 11.8. The molecule has 0 heterocycles. The van der Waals surface area contributed by atoms with Crippen LogP contribution in [0.5, 0.6) is 0 Å². The van der Waals surface area contributed by atoms with Crippen molar-refractivity contribution in [1.82, 2.24) is 10.7 Å². The van der Waals surface area contributed by atoms with Gasteiger partial charge in [-0.3, -0.25) is 9.59 Å². The predicted octanol–water partition coefficient (Wildman–Crippen LogP) is 3.66. The summed E-state index contributed by atoms with van der Waals surface area (Å²) in [5.41, 5.74) is 4.50. The van der Waals surface area contributed by atoms with Crippen molar-refractivity contribution >= 4 is 29.1 Å². The molecule has 0 aromatic heterocycles. The Balaban J connectivity index is 1.76. The van der Waals surface area contributed by atoms with E-state index in [1.165, 1.54) is 0 Å². The molecule has 0 atom stereocenters. The Morgan fingerprint density at radius 2 is 1.72 bits per heavy atom. The summed E-state index contributed by atoms with van der Waals surface area (Å²) in [7, 11) is 0. The second kappa shape index (κ2) is 8.48. The summed E-state index contributed by atoms with van der Waals surface area (Å²) in [6.45, 7) is 7.04. The summed E-state index contributed by atoms with van der Waals surface area (Å²) in [5, 5.41) is 7.33. The molecule has 2 rings (SSSR count). The van der Waals surface area contributed by atoms with Gasteiger partial charge >= 0.3 is 11.8 Å². The SMILES string of the molecule is CC(C)(C)C1CCC(=NNC(=O)C(=O)NCc2ccc(Cl)cc2)CC1. The van der Waals surface area contributed by atoms with E-state index in [2.05, 4.69) is 36.6 Å². The van der Waals surface area contributed by atoms with Gasteiger partial charge in [0.2, 0.25) is 0 Å². The zero-order valence-corrected chi connectivity index (χ0v) is 15.8. The predicted molar refractivity (Wildman–Crippen MR) is 100 cm³/mol. The zero-order valence-electron chi connectivity index (χ0n) is 15.1. The number of halogens is 1. The molecule has 1 aromatic rings. The molecule has 1 saturated carbocycles. The number of benzene rings is 1. The molecule has 0 aliphatic heterocycles. The van der Waals surface area contributed by atoms with Crippen molar-refractivity contribution in [2.75, 3.05) is 0 Å². The first-order valence-corrected chi connectivity index (χ1v) is 9.01. The molecule has 136 valence electrons. The Labute approximate surface area is 154 Å². The fraction of sp³-hybridized carbons (Fsp3) is 0.526. The molecule has 1 aliphatic rings. The number of hydrogen-bond acceptors (Lipinski definition) is 3. The third-order valence-corrected chi connectivity index (χ3v) is 4.93. The van der Waals surface area contributed by atoms with Gasteiger partial charge in [-0.25, -0.2) is 5.43 Å². The van der Waals surface area contributed by atoms with Crippen molar-refractivity contribution in [3.63, 3.8) is 0 Å². The minimum Gasteiger partial charge on any atom is -0.344 e. The van der Waals surface area contributed by atoms with Crippen LogP contribution in [0.3, 0.4) is 0 Å². The van der Waals surface area contributed by atoms with Crippen molar-refractivity contribution in [1.29, 1.82) is 0 Å². The Bertz CT molecular complexity index is 638. The monoisotopic (exact) mass is 363 g/mol. The fourth-order valence-electron chi connectivity index (χ4n) is 2.97. The molecular formula is C19H26ClN3O2. The highest BCUT2D eigenvalue weighted by molar-refractivity contribution is 6.35. The van der Waals surface area contributed by atoms with E-state index in [0.29, 0.717) is 16.4 Å². The Hall–Kier alpha value is -1.88. The lowest BCUT2D eigenvalue weighted by atomic mass is 9.72. The number of carbonyl (C=O) groups is 2. The smallest absolute Gasteiger partial charge is 0.329 e. The molecule has 5 nitrogen and oxygen atoms in total. The van der Waals surface area contributed by atoms with Crippen LogP contribution in [-0.4, -0.2) is 17.5 Å². The van der Waals surface area contributed by atoms with E-state index in [1.54, 1.807) is 24.3 Å². The van der Waals surface area contributed by atoms with E-state index >= 15 is 0 Å². The van der Waals surface area contributed by atoms with Gasteiger partial charge in [-0.15, -0.1) is 0 Å². The maximum Gasteiger partial charge on any atom is 0.329 e. The topological polar surface area (TPSA) is 70.6 Å². The number of nitrogens with one attached hydrogen (secondary N) is 2. The lowest BCUT2D eigenvalue weighted by Crippen LogP contribution is -2.38. The molecule has 0 saturated heterocycles. The van der Waals surface area contributed by atoms with E-state index < -0.39 is 11.8 Å². The van der Waals surface area contributed by atoms with Crippen LogP contribution in [0.15, 0.2) is 29.4 Å². The van der Waals surface area contributed by atoms with Crippen LogP contribution < -0.4 is 10.7 Å². The van der Waals surface area contributed by atoms with E-state index in [1.807, 2.05) is 0 Å². The molecule has 1 aromatic carbocycles. The number of rotatable bonds is 3. The minimum atomic E-state index is -0.737. The third-order valence-electron chi connectivity index (χ3n) is 4.68. The third kappa shape index (κ3) is 6.16. The van der Waals surface area contributed by atoms with Crippen molar-refractivity contribution in [3.8, 4) is 0 Å². The largest absolute Gasteiger partial charge is 0.344 e. The fourth-order valence-corrected chi connectivity index (χ4v) is 3.10. The summed E-state index contributed by atoms with van der Waals surface area (Å²) in [5.74, 6) is -0.757.